The minimum Gasteiger partial charge on any atom is -0.380 e. The van der Waals surface area contributed by atoms with Crippen molar-refractivity contribution >= 4 is 5.69 Å². The van der Waals surface area contributed by atoms with E-state index in [1.54, 1.807) is 0 Å². The van der Waals surface area contributed by atoms with Gasteiger partial charge in [-0.3, -0.25) is 4.68 Å². The van der Waals surface area contributed by atoms with Crippen LogP contribution in [0.3, 0.4) is 0 Å². The van der Waals surface area contributed by atoms with E-state index in [4.69, 9.17) is 9.47 Å². The molecule has 1 aromatic rings. The van der Waals surface area contributed by atoms with Crippen LogP contribution in [0.25, 0.3) is 0 Å². The molecule has 1 atom stereocenters. The Balaban J connectivity index is 1.87. The third-order valence-corrected chi connectivity index (χ3v) is 2.73. The first-order valence-electron chi connectivity index (χ1n) is 5.75. The highest BCUT2D eigenvalue weighted by atomic mass is 16.7. The molecule has 2 rings (SSSR count). The van der Waals surface area contributed by atoms with Crippen LogP contribution in [0.1, 0.15) is 19.0 Å². The van der Waals surface area contributed by atoms with Crippen LogP contribution in [0, 0.1) is 0 Å². The average Bonchev–Trinajstić information content (AvgIpc) is 2.68. The van der Waals surface area contributed by atoms with E-state index in [1.165, 1.54) is 0 Å². The molecule has 1 N–H and O–H groups in total. The van der Waals surface area contributed by atoms with Gasteiger partial charge in [0.2, 0.25) is 0 Å². The van der Waals surface area contributed by atoms with Crippen molar-refractivity contribution in [1.29, 1.82) is 0 Å². The largest absolute Gasteiger partial charge is 0.380 e. The normalized spacial score (nSPS) is 21.0. The number of anilines is 1. The van der Waals surface area contributed by atoms with Crippen molar-refractivity contribution in [3.63, 3.8) is 0 Å². The lowest BCUT2D eigenvalue weighted by molar-refractivity contribution is -0.133. The Kier molecular flexibility index (Phi) is 3.79. The summed E-state index contributed by atoms with van der Waals surface area (Å²) >= 11 is 0. The quantitative estimate of drug-likeness (QED) is 0.835. The topological polar surface area (TPSA) is 48.3 Å². The van der Waals surface area contributed by atoms with Crippen molar-refractivity contribution in [3.8, 4) is 0 Å². The monoisotopic (exact) mass is 225 g/mol. The first-order chi connectivity index (χ1) is 7.79. The highest BCUT2D eigenvalue weighted by Crippen LogP contribution is 2.15. The zero-order chi connectivity index (χ0) is 11.4. The van der Waals surface area contributed by atoms with Crippen molar-refractivity contribution < 1.29 is 9.47 Å². The van der Waals surface area contributed by atoms with Gasteiger partial charge >= 0.3 is 0 Å². The van der Waals surface area contributed by atoms with Gasteiger partial charge in [-0.25, -0.2) is 0 Å². The first-order valence-corrected chi connectivity index (χ1v) is 5.75. The lowest BCUT2D eigenvalue weighted by atomic mass is 10.2. The number of ether oxygens (including phenoxy) is 2. The Morgan fingerprint density at radius 1 is 1.62 bits per heavy atom. The van der Waals surface area contributed by atoms with Crippen LogP contribution in [0.2, 0.25) is 0 Å². The van der Waals surface area contributed by atoms with E-state index in [0.29, 0.717) is 6.79 Å². The molecule has 90 valence electrons. The third kappa shape index (κ3) is 2.74. The molecule has 1 saturated heterocycles. The van der Waals surface area contributed by atoms with Gasteiger partial charge in [0.25, 0.3) is 0 Å². The molecule has 0 aliphatic carbocycles. The molecule has 1 aliphatic rings. The number of rotatable bonds is 4. The van der Waals surface area contributed by atoms with E-state index in [1.807, 2.05) is 17.9 Å². The molecule has 0 amide bonds. The second kappa shape index (κ2) is 5.32. The highest BCUT2D eigenvalue weighted by molar-refractivity contribution is 5.46. The number of nitrogens with one attached hydrogen (secondary N) is 1. The summed E-state index contributed by atoms with van der Waals surface area (Å²) in [5, 5.41) is 7.77. The van der Waals surface area contributed by atoms with E-state index in [2.05, 4.69) is 17.3 Å². The smallest absolute Gasteiger partial charge is 0.147 e. The maximum Gasteiger partial charge on any atom is 0.147 e. The van der Waals surface area contributed by atoms with Crippen LogP contribution in [-0.4, -0.2) is 35.8 Å². The van der Waals surface area contributed by atoms with Crippen LogP contribution >= 0.6 is 0 Å². The fourth-order valence-electron chi connectivity index (χ4n) is 1.83. The molecule has 1 aliphatic heterocycles. The fourth-order valence-corrected chi connectivity index (χ4v) is 1.83. The van der Waals surface area contributed by atoms with Crippen molar-refractivity contribution in [1.82, 2.24) is 9.78 Å². The summed E-state index contributed by atoms with van der Waals surface area (Å²) in [6.07, 6.45) is 4.16. The molecule has 0 spiro atoms. The van der Waals surface area contributed by atoms with Gasteiger partial charge in [0, 0.05) is 19.8 Å². The Morgan fingerprint density at radius 2 is 2.50 bits per heavy atom. The molecule has 5 heteroatoms. The van der Waals surface area contributed by atoms with Crippen LogP contribution in [-0.2, 0) is 22.9 Å². The lowest BCUT2D eigenvalue weighted by Crippen LogP contribution is -2.30. The fraction of sp³-hybridized carbons (Fsp3) is 0.727. The summed E-state index contributed by atoms with van der Waals surface area (Å²) in [5.74, 6) is 0. The summed E-state index contributed by atoms with van der Waals surface area (Å²) < 4.78 is 12.4. The Labute approximate surface area is 95.7 Å². The van der Waals surface area contributed by atoms with E-state index >= 15 is 0 Å². The minimum atomic E-state index is 0.249. The minimum absolute atomic E-state index is 0.249. The molecule has 0 aromatic carbocycles. The standard InChI is InChI=1S/C11H19N3O2/c1-3-10-11(7-14(2)13-10)12-6-9-4-5-15-8-16-9/h7,9,12H,3-6,8H2,1-2H3. The van der Waals surface area contributed by atoms with Crippen molar-refractivity contribution in [2.45, 2.75) is 25.9 Å². The molecule has 1 aromatic heterocycles. The van der Waals surface area contributed by atoms with Crippen LogP contribution < -0.4 is 5.32 Å². The number of aryl methyl sites for hydroxylation is 2. The molecule has 1 unspecified atom stereocenters. The van der Waals surface area contributed by atoms with Crippen molar-refractivity contribution in [2.24, 2.45) is 7.05 Å². The molecule has 0 radical (unpaired) electrons. The van der Waals surface area contributed by atoms with Gasteiger partial charge in [-0.15, -0.1) is 0 Å². The number of nitrogens with zero attached hydrogens (tertiary/aromatic N) is 2. The molecule has 0 saturated carbocycles. The van der Waals surface area contributed by atoms with E-state index in [-0.39, 0.29) is 6.10 Å². The van der Waals surface area contributed by atoms with Crippen LogP contribution in [0.15, 0.2) is 6.20 Å². The van der Waals surface area contributed by atoms with Gasteiger partial charge in [-0.1, -0.05) is 6.92 Å². The van der Waals surface area contributed by atoms with Crippen molar-refractivity contribution in [3.05, 3.63) is 11.9 Å². The number of hydrogen-bond donors (Lipinski definition) is 1. The van der Waals surface area contributed by atoms with Gasteiger partial charge in [-0.2, -0.15) is 5.10 Å². The maximum atomic E-state index is 5.47. The van der Waals surface area contributed by atoms with Gasteiger partial charge < -0.3 is 14.8 Å². The molecule has 0 bridgehead atoms. The Morgan fingerprint density at radius 3 is 3.19 bits per heavy atom. The molecular formula is C11H19N3O2. The zero-order valence-corrected chi connectivity index (χ0v) is 9.90. The zero-order valence-electron chi connectivity index (χ0n) is 9.90. The number of hydrogen-bond acceptors (Lipinski definition) is 4. The van der Waals surface area contributed by atoms with E-state index in [9.17, 15) is 0 Å². The van der Waals surface area contributed by atoms with Crippen molar-refractivity contribution in [2.75, 3.05) is 25.3 Å². The molecule has 5 nitrogen and oxygen atoms in total. The third-order valence-electron chi connectivity index (χ3n) is 2.73. The predicted octanol–water partition coefficient (Wildman–Crippen LogP) is 1.16. The predicted molar refractivity (Wildman–Crippen MR) is 61.4 cm³/mol. The lowest BCUT2D eigenvalue weighted by Gasteiger charge is -2.23. The molecule has 1 fully saturated rings. The molecular weight excluding hydrogens is 206 g/mol. The van der Waals surface area contributed by atoms with Gasteiger partial charge in [-0.05, 0) is 12.8 Å². The maximum absolute atomic E-state index is 5.47. The summed E-state index contributed by atoms with van der Waals surface area (Å²) in [6.45, 7) is 4.14. The summed E-state index contributed by atoms with van der Waals surface area (Å²) in [7, 11) is 1.94. The van der Waals surface area contributed by atoms with Gasteiger partial charge in [0.15, 0.2) is 0 Å². The Bertz CT molecular complexity index is 332. The molecule has 16 heavy (non-hydrogen) atoms. The van der Waals surface area contributed by atoms with Crippen LogP contribution in [0.4, 0.5) is 5.69 Å². The Hall–Kier alpha value is -1.07. The average molecular weight is 225 g/mol. The first kappa shape index (κ1) is 11.4. The molecule has 2 heterocycles. The second-order valence-electron chi connectivity index (χ2n) is 4.00. The summed E-state index contributed by atoms with van der Waals surface area (Å²) in [4.78, 5) is 0. The SMILES string of the molecule is CCc1nn(C)cc1NCC1CCOCO1. The van der Waals surface area contributed by atoms with E-state index < -0.39 is 0 Å². The summed E-state index contributed by atoms with van der Waals surface area (Å²) in [5.41, 5.74) is 2.22. The number of aromatic nitrogens is 2. The van der Waals surface area contributed by atoms with Gasteiger partial charge in [0.1, 0.15) is 6.79 Å². The highest BCUT2D eigenvalue weighted by Gasteiger charge is 2.14. The second-order valence-corrected chi connectivity index (χ2v) is 4.00. The van der Waals surface area contributed by atoms with Gasteiger partial charge in [0.05, 0.1) is 24.1 Å². The summed E-state index contributed by atoms with van der Waals surface area (Å²) in [6, 6.07) is 0. The van der Waals surface area contributed by atoms with Crippen LogP contribution in [0.5, 0.6) is 0 Å². The van der Waals surface area contributed by atoms with E-state index in [0.717, 1.165) is 37.4 Å².